The van der Waals surface area contributed by atoms with Crippen molar-refractivity contribution in [1.82, 2.24) is 5.32 Å². The monoisotopic (exact) mass is 349 g/mol. The Balaban J connectivity index is 1.61. The number of hydrogen-bond donors (Lipinski definition) is 2. The van der Waals surface area contributed by atoms with Crippen LogP contribution in [0.5, 0.6) is 5.75 Å². The average Bonchev–Trinajstić information content (AvgIpc) is 2.63. The summed E-state index contributed by atoms with van der Waals surface area (Å²) in [6.45, 7) is 2.59. The van der Waals surface area contributed by atoms with Crippen LogP contribution in [0.4, 0.5) is 0 Å². The van der Waals surface area contributed by atoms with E-state index in [1.807, 2.05) is 24.3 Å². The minimum Gasteiger partial charge on any atom is -0.494 e. The SMILES string of the molecule is O=C(Cc1ccc(OCCCNCCCO)cc1)OC1CCCCC1. The predicted octanol–water partition coefficient (Wildman–Crippen LogP) is 2.85. The first-order valence-corrected chi connectivity index (χ1v) is 9.51. The molecule has 0 atom stereocenters. The summed E-state index contributed by atoms with van der Waals surface area (Å²) in [6, 6.07) is 7.67. The lowest BCUT2D eigenvalue weighted by Gasteiger charge is -2.21. The molecule has 2 N–H and O–H groups in total. The first-order chi connectivity index (χ1) is 12.3. The largest absolute Gasteiger partial charge is 0.494 e. The Hall–Kier alpha value is -1.59. The van der Waals surface area contributed by atoms with E-state index >= 15 is 0 Å². The highest BCUT2D eigenvalue weighted by molar-refractivity contribution is 5.72. The zero-order chi connectivity index (χ0) is 17.7. The van der Waals surface area contributed by atoms with Crippen LogP contribution in [-0.4, -0.2) is 43.5 Å². The second-order valence-corrected chi connectivity index (χ2v) is 6.60. The molecule has 1 aromatic carbocycles. The molecule has 25 heavy (non-hydrogen) atoms. The van der Waals surface area contributed by atoms with Crippen molar-refractivity contribution in [3.05, 3.63) is 29.8 Å². The minimum atomic E-state index is -0.130. The zero-order valence-corrected chi connectivity index (χ0v) is 15.0. The molecule has 1 aliphatic rings. The maximum Gasteiger partial charge on any atom is 0.310 e. The number of esters is 1. The van der Waals surface area contributed by atoms with Crippen LogP contribution in [0.1, 0.15) is 50.5 Å². The Labute approximate surface area is 150 Å². The first kappa shape index (κ1) is 19.7. The molecule has 0 aliphatic heterocycles. The quantitative estimate of drug-likeness (QED) is 0.475. The lowest BCUT2D eigenvalue weighted by molar-refractivity contribution is -0.149. The van der Waals surface area contributed by atoms with Crippen LogP contribution in [0, 0.1) is 0 Å². The van der Waals surface area contributed by atoms with Gasteiger partial charge >= 0.3 is 5.97 Å². The Bertz CT molecular complexity index is 483. The van der Waals surface area contributed by atoms with E-state index in [-0.39, 0.29) is 18.7 Å². The van der Waals surface area contributed by atoms with Gasteiger partial charge in [-0.25, -0.2) is 0 Å². The molecule has 2 rings (SSSR count). The van der Waals surface area contributed by atoms with Crippen LogP contribution >= 0.6 is 0 Å². The molecule has 0 radical (unpaired) electrons. The van der Waals surface area contributed by atoms with Crippen molar-refractivity contribution in [2.24, 2.45) is 0 Å². The number of hydrogen-bond acceptors (Lipinski definition) is 5. The molecule has 140 valence electrons. The van der Waals surface area contributed by atoms with Crippen molar-refractivity contribution < 1.29 is 19.4 Å². The van der Waals surface area contributed by atoms with Crippen molar-refractivity contribution in [1.29, 1.82) is 0 Å². The third-order valence-electron chi connectivity index (χ3n) is 4.40. The second kappa shape index (κ2) is 11.9. The lowest BCUT2D eigenvalue weighted by Crippen LogP contribution is -2.21. The number of carbonyl (C=O) groups excluding carboxylic acids is 1. The van der Waals surface area contributed by atoms with Gasteiger partial charge < -0.3 is 19.9 Å². The molecule has 0 amide bonds. The average molecular weight is 349 g/mol. The smallest absolute Gasteiger partial charge is 0.310 e. The fourth-order valence-electron chi connectivity index (χ4n) is 3.00. The van der Waals surface area contributed by atoms with E-state index in [0.717, 1.165) is 50.1 Å². The molecule has 0 spiro atoms. The van der Waals surface area contributed by atoms with Crippen LogP contribution in [-0.2, 0) is 16.0 Å². The Morgan fingerprint density at radius 1 is 1.08 bits per heavy atom. The highest BCUT2D eigenvalue weighted by Gasteiger charge is 2.17. The Kier molecular flexibility index (Phi) is 9.37. The van der Waals surface area contributed by atoms with Crippen molar-refractivity contribution in [2.75, 3.05) is 26.3 Å². The summed E-state index contributed by atoms with van der Waals surface area (Å²) >= 11 is 0. The molecule has 0 saturated heterocycles. The zero-order valence-electron chi connectivity index (χ0n) is 15.0. The van der Waals surface area contributed by atoms with Crippen molar-refractivity contribution in [2.45, 2.75) is 57.5 Å². The summed E-state index contributed by atoms with van der Waals surface area (Å²) < 4.78 is 11.2. The molecule has 0 aromatic heterocycles. The predicted molar refractivity (Wildman–Crippen MR) is 97.8 cm³/mol. The third-order valence-corrected chi connectivity index (χ3v) is 4.40. The molecule has 5 nitrogen and oxygen atoms in total. The maximum atomic E-state index is 12.0. The van der Waals surface area contributed by atoms with Crippen LogP contribution in [0.3, 0.4) is 0 Å². The van der Waals surface area contributed by atoms with E-state index < -0.39 is 0 Å². The highest BCUT2D eigenvalue weighted by atomic mass is 16.5. The van der Waals surface area contributed by atoms with Gasteiger partial charge in [-0.15, -0.1) is 0 Å². The molecule has 0 bridgehead atoms. The van der Waals surface area contributed by atoms with Crippen LogP contribution in [0.2, 0.25) is 0 Å². The van der Waals surface area contributed by atoms with E-state index in [1.54, 1.807) is 0 Å². The molecule has 1 fully saturated rings. The van der Waals surface area contributed by atoms with Gasteiger partial charge in [0.2, 0.25) is 0 Å². The van der Waals surface area contributed by atoms with Gasteiger partial charge in [0.05, 0.1) is 13.0 Å². The molecule has 1 saturated carbocycles. The van der Waals surface area contributed by atoms with Gasteiger partial charge in [-0.3, -0.25) is 4.79 Å². The van der Waals surface area contributed by atoms with Gasteiger partial charge in [-0.2, -0.15) is 0 Å². The summed E-state index contributed by atoms with van der Waals surface area (Å²) in [5.41, 5.74) is 0.957. The van der Waals surface area contributed by atoms with E-state index in [2.05, 4.69) is 5.32 Å². The third kappa shape index (κ3) is 8.36. The van der Waals surface area contributed by atoms with Crippen molar-refractivity contribution in [3.8, 4) is 5.75 Å². The van der Waals surface area contributed by atoms with Crippen LogP contribution < -0.4 is 10.1 Å². The summed E-state index contributed by atoms with van der Waals surface area (Å²) in [5.74, 6) is 0.689. The van der Waals surface area contributed by atoms with Gasteiger partial charge in [0.15, 0.2) is 0 Å². The van der Waals surface area contributed by atoms with Gasteiger partial charge in [-0.05, 0) is 69.3 Å². The number of benzene rings is 1. The minimum absolute atomic E-state index is 0.120. The number of nitrogens with one attached hydrogen (secondary N) is 1. The topological polar surface area (TPSA) is 67.8 Å². The summed E-state index contributed by atoms with van der Waals surface area (Å²) in [4.78, 5) is 12.0. The Morgan fingerprint density at radius 3 is 2.52 bits per heavy atom. The van der Waals surface area contributed by atoms with Crippen molar-refractivity contribution >= 4 is 5.97 Å². The Morgan fingerprint density at radius 2 is 1.80 bits per heavy atom. The van der Waals surface area contributed by atoms with Crippen LogP contribution in [0.15, 0.2) is 24.3 Å². The number of ether oxygens (including phenoxy) is 2. The standard InChI is InChI=1S/C20H31NO4/c22-14-4-12-21-13-5-15-24-18-10-8-17(9-11-18)16-20(23)25-19-6-2-1-3-7-19/h8-11,19,21-22H,1-7,12-16H2. The lowest BCUT2D eigenvalue weighted by atomic mass is 9.98. The van der Waals surface area contributed by atoms with Gasteiger partial charge in [0, 0.05) is 6.61 Å². The van der Waals surface area contributed by atoms with Crippen molar-refractivity contribution in [3.63, 3.8) is 0 Å². The van der Waals surface area contributed by atoms with E-state index in [4.69, 9.17) is 14.6 Å². The number of aliphatic hydroxyl groups excluding tert-OH is 1. The number of carbonyl (C=O) groups is 1. The fourth-order valence-corrected chi connectivity index (χ4v) is 3.00. The molecule has 1 aromatic rings. The van der Waals surface area contributed by atoms with E-state index in [9.17, 15) is 4.79 Å². The molecule has 1 aliphatic carbocycles. The maximum absolute atomic E-state index is 12.0. The summed E-state index contributed by atoms with van der Waals surface area (Å²) in [7, 11) is 0. The second-order valence-electron chi connectivity index (χ2n) is 6.60. The molecule has 5 heteroatoms. The van der Waals surface area contributed by atoms with E-state index in [0.29, 0.717) is 13.0 Å². The molecule has 0 unspecified atom stereocenters. The fraction of sp³-hybridized carbons (Fsp3) is 0.650. The number of rotatable bonds is 11. The molecule has 0 heterocycles. The highest BCUT2D eigenvalue weighted by Crippen LogP contribution is 2.21. The van der Waals surface area contributed by atoms with Gasteiger partial charge in [0.25, 0.3) is 0 Å². The first-order valence-electron chi connectivity index (χ1n) is 9.51. The summed E-state index contributed by atoms with van der Waals surface area (Å²) in [5, 5.41) is 11.9. The van der Waals surface area contributed by atoms with Gasteiger partial charge in [-0.1, -0.05) is 18.6 Å². The number of aliphatic hydroxyl groups is 1. The van der Waals surface area contributed by atoms with E-state index in [1.165, 1.54) is 19.3 Å². The summed E-state index contributed by atoms with van der Waals surface area (Å²) in [6.07, 6.45) is 7.75. The van der Waals surface area contributed by atoms with Gasteiger partial charge in [0.1, 0.15) is 11.9 Å². The normalized spacial score (nSPS) is 15.1. The van der Waals surface area contributed by atoms with Crippen LogP contribution in [0.25, 0.3) is 0 Å². The molecular weight excluding hydrogens is 318 g/mol. The molecular formula is C20H31NO4.